The van der Waals surface area contributed by atoms with Crippen molar-refractivity contribution in [3.05, 3.63) is 41.7 Å². The highest BCUT2D eigenvalue weighted by Gasteiger charge is 2.31. The molecule has 10 heteroatoms. The highest BCUT2D eigenvalue weighted by Crippen LogP contribution is 2.34. The number of benzene rings is 1. The summed E-state index contributed by atoms with van der Waals surface area (Å²) in [5, 5.41) is 19.6. The van der Waals surface area contributed by atoms with Crippen LogP contribution in [0.25, 0.3) is 5.65 Å². The average molecular weight is 373 g/mol. The first-order valence-corrected chi connectivity index (χ1v) is 8.14. The molecule has 0 spiro atoms. The quantitative estimate of drug-likeness (QED) is 0.605. The maximum atomic E-state index is 13.0. The molecular weight excluding hydrogens is 359 g/mol. The molecule has 0 unspecified atom stereocenters. The van der Waals surface area contributed by atoms with Crippen molar-refractivity contribution in [2.45, 2.75) is 25.1 Å². The van der Waals surface area contributed by atoms with Crippen LogP contribution in [-0.2, 0) is 6.18 Å². The molecule has 1 aliphatic carbocycles. The lowest BCUT2D eigenvalue weighted by molar-refractivity contribution is -0.137. The van der Waals surface area contributed by atoms with Gasteiger partial charge in [-0.15, -0.1) is 5.10 Å². The number of halogens is 3. The van der Waals surface area contributed by atoms with Gasteiger partial charge in [0.1, 0.15) is 6.07 Å². The van der Waals surface area contributed by atoms with Crippen molar-refractivity contribution < 1.29 is 13.2 Å². The monoisotopic (exact) mass is 373 g/mol. The van der Waals surface area contributed by atoms with E-state index in [1.54, 1.807) is 6.07 Å². The van der Waals surface area contributed by atoms with Gasteiger partial charge in [0.15, 0.2) is 17.2 Å². The van der Waals surface area contributed by atoms with E-state index in [4.69, 9.17) is 5.73 Å². The average Bonchev–Trinajstić information content (AvgIpc) is 3.30. The van der Waals surface area contributed by atoms with Crippen molar-refractivity contribution >= 4 is 28.5 Å². The zero-order valence-corrected chi connectivity index (χ0v) is 13.9. The molecule has 0 atom stereocenters. The lowest BCUT2D eigenvalue weighted by Crippen LogP contribution is -2.09. The molecule has 1 fully saturated rings. The zero-order chi connectivity index (χ0) is 19.2. The predicted molar refractivity (Wildman–Crippen MR) is 93.5 cm³/mol. The SMILES string of the molecule is N#Cc1cnc2c(NC3CC3)cc(Nc3cc(N)cc(C(F)(F)F)c3)nn12. The molecule has 3 aromatic rings. The summed E-state index contributed by atoms with van der Waals surface area (Å²) in [6.07, 6.45) is -1.08. The number of nitriles is 1. The van der Waals surface area contributed by atoms with Crippen LogP contribution in [0.15, 0.2) is 30.5 Å². The smallest absolute Gasteiger partial charge is 0.399 e. The van der Waals surface area contributed by atoms with Gasteiger partial charge in [-0.2, -0.15) is 22.9 Å². The number of nitrogen functional groups attached to an aromatic ring is 1. The Kier molecular flexibility index (Phi) is 3.80. The van der Waals surface area contributed by atoms with Crippen LogP contribution in [0.4, 0.5) is 36.1 Å². The standard InChI is InChI=1S/C17H14F3N7/c18-17(19,20)9-3-10(22)5-12(4-9)25-15-6-14(24-11-1-2-11)16-23-8-13(7-21)27(16)26-15/h3-6,8,11,24H,1-2,22H2,(H,25,26). The van der Waals surface area contributed by atoms with Crippen molar-refractivity contribution in [2.24, 2.45) is 0 Å². The fourth-order valence-electron chi connectivity index (χ4n) is 2.69. The summed E-state index contributed by atoms with van der Waals surface area (Å²) in [6.45, 7) is 0. The van der Waals surface area contributed by atoms with Gasteiger partial charge >= 0.3 is 6.18 Å². The van der Waals surface area contributed by atoms with Crippen molar-refractivity contribution in [1.29, 1.82) is 5.26 Å². The fraction of sp³-hybridized carbons (Fsp3) is 0.235. The number of aromatic nitrogens is 3. The molecule has 4 rings (SSSR count). The fourth-order valence-corrected chi connectivity index (χ4v) is 2.69. The van der Waals surface area contributed by atoms with E-state index < -0.39 is 11.7 Å². The van der Waals surface area contributed by atoms with Gasteiger partial charge in [0.2, 0.25) is 0 Å². The number of imidazole rings is 1. The van der Waals surface area contributed by atoms with Crippen molar-refractivity contribution in [3.63, 3.8) is 0 Å². The van der Waals surface area contributed by atoms with Crippen LogP contribution in [0, 0.1) is 11.3 Å². The van der Waals surface area contributed by atoms with E-state index in [9.17, 15) is 18.4 Å². The highest BCUT2D eigenvalue weighted by molar-refractivity contribution is 5.74. The van der Waals surface area contributed by atoms with Gasteiger partial charge in [0, 0.05) is 23.5 Å². The lowest BCUT2D eigenvalue weighted by Gasteiger charge is -2.13. The molecule has 1 aliphatic rings. The van der Waals surface area contributed by atoms with E-state index in [1.165, 1.54) is 16.8 Å². The number of anilines is 4. The number of alkyl halides is 3. The molecule has 0 amide bonds. The van der Waals surface area contributed by atoms with E-state index >= 15 is 0 Å². The predicted octanol–water partition coefficient (Wildman–Crippen LogP) is 3.52. The number of rotatable bonds is 4. The molecule has 2 heterocycles. The third kappa shape index (κ3) is 3.44. The second kappa shape index (κ2) is 6.05. The van der Waals surface area contributed by atoms with Crippen molar-refractivity contribution in [3.8, 4) is 6.07 Å². The Hall–Kier alpha value is -3.48. The molecule has 1 aromatic carbocycles. The maximum absolute atomic E-state index is 13.0. The van der Waals surface area contributed by atoms with Gasteiger partial charge in [-0.1, -0.05) is 0 Å². The molecule has 27 heavy (non-hydrogen) atoms. The number of nitrogens with zero attached hydrogens (tertiary/aromatic N) is 4. The first kappa shape index (κ1) is 17.0. The lowest BCUT2D eigenvalue weighted by atomic mass is 10.1. The number of fused-ring (bicyclic) bond motifs is 1. The minimum absolute atomic E-state index is 0.0231. The number of hydrogen-bond donors (Lipinski definition) is 3. The normalized spacial score (nSPS) is 14.1. The first-order valence-electron chi connectivity index (χ1n) is 8.14. The Morgan fingerprint density at radius 2 is 2.00 bits per heavy atom. The van der Waals surface area contributed by atoms with E-state index in [0.717, 1.165) is 25.0 Å². The molecular formula is C17H14F3N7. The number of nitrogens with two attached hydrogens (primary N) is 1. The molecule has 4 N–H and O–H groups in total. The van der Waals surface area contributed by atoms with Gasteiger partial charge in [-0.25, -0.2) is 4.98 Å². The van der Waals surface area contributed by atoms with E-state index in [-0.39, 0.29) is 22.9 Å². The Morgan fingerprint density at radius 3 is 2.67 bits per heavy atom. The van der Waals surface area contributed by atoms with E-state index in [0.29, 0.717) is 17.4 Å². The van der Waals surface area contributed by atoms with Gasteiger partial charge in [0.05, 0.1) is 17.4 Å². The Morgan fingerprint density at radius 1 is 1.22 bits per heavy atom. The van der Waals surface area contributed by atoms with Crippen molar-refractivity contribution in [2.75, 3.05) is 16.4 Å². The summed E-state index contributed by atoms with van der Waals surface area (Å²) >= 11 is 0. The molecule has 0 aliphatic heterocycles. The highest BCUT2D eigenvalue weighted by atomic mass is 19.4. The number of hydrogen-bond acceptors (Lipinski definition) is 6. The van der Waals surface area contributed by atoms with Gasteiger partial charge in [0.25, 0.3) is 0 Å². The summed E-state index contributed by atoms with van der Waals surface area (Å²) in [5.41, 5.74) is 6.21. The van der Waals surface area contributed by atoms with Crippen LogP contribution in [-0.4, -0.2) is 20.6 Å². The third-order valence-corrected chi connectivity index (χ3v) is 4.07. The summed E-state index contributed by atoms with van der Waals surface area (Å²) in [6, 6.07) is 7.16. The summed E-state index contributed by atoms with van der Waals surface area (Å²) in [4.78, 5) is 4.20. The first-order chi connectivity index (χ1) is 12.8. The number of nitrogens with one attached hydrogen (secondary N) is 2. The third-order valence-electron chi connectivity index (χ3n) is 4.07. The molecule has 0 radical (unpaired) electrons. The topological polar surface area (TPSA) is 104 Å². The largest absolute Gasteiger partial charge is 0.416 e. The van der Waals surface area contributed by atoms with Crippen molar-refractivity contribution in [1.82, 2.24) is 14.6 Å². The molecule has 2 aromatic heterocycles. The Labute approximate surface area is 151 Å². The second-order valence-corrected chi connectivity index (χ2v) is 6.32. The molecule has 0 bridgehead atoms. The minimum Gasteiger partial charge on any atom is -0.399 e. The minimum atomic E-state index is -4.51. The molecule has 7 nitrogen and oxygen atoms in total. The zero-order valence-electron chi connectivity index (χ0n) is 13.9. The summed E-state index contributed by atoms with van der Waals surface area (Å²) in [7, 11) is 0. The van der Waals surface area contributed by atoms with Crippen LogP contribution < -0.4 is 16.4 Å². The Bertz CT molecular complexity index is 1060. The van der Waals surface area contributed by atoms with Crippen LogP contribution in [0.5, 0.6) is 0 Å². The summed E-state index contributed by atoms with van der Waals surface area (Å²) in [5.74, 6) is 0.263. The second-order valence-electron chi connectivity index (χ2n) is 6.32. The van der Waals surface area contributed by atoms with Crippen LogP contribution in [0.3, 0.4) is 0 Å². The van der Waals surface area contributed by atoms with Gasteiger partial charge in [-0.05, 0) is 31.0 Å². The van der Waals surface area contributed by atoms with E-state index in [2.05, 4.69) is 20.7 Å². The maximum Gasteiger partial charge on any atom is 0.416 e. The van der Waals surface area contributed by atoms with Gasteiger partial charge < -0.3 is 16.4 Å². The molecule has 1 saturated carbocycles. The van der Waals surface area contributed by atoms with Crippen LogP contribution in [0.1, 0.15) is 24.1 Å². The van der Waals surface area contributed by atoms with E-state index in [1.807, 2.05) is 6.07 Å². The van der Waals surface area contributed by atoms with Crippen LogP contribution >= 0.6 is 0 Å². The molecule has 0 saturated heterocycles. The van der Waals surface area contributed by atoms with Gasteiger partial charge in [-0.3, -0.25) is 0 Å². The summed E-state index contributed by atoms with van der Waals surface area (Å²) < 4.78 is 40.4. The molecule has 138 valence electrons. The van der Waals surface area contributed by atoms with Crippen LogP contribution in [0.2, 0.25) is 0 Å². The Balaban J connectivity index is 1.75.